The van der Waals surface area contributed by atoms with Crippen molar-refractivity contribution in [2.24, 2.45) is 0 Å². The van der Waals surface area contributed by atoms with E-state index in [1.165, 1.54) is 6.20 Å². The highest BCUT2D eigenvalue weighted by Gasteiger charge is 2.11. The second kappa shape index (κ2) is 8.19. The molecule has 0 radical (unpaired) electrons. The molecule has 4 nitrogen and oxygen atoms in total. The van der Waals surface area contributed by atoms with E-state index >= 15 is 0 Å². The van der Waals surface area contributed by atoms with Crippen LogP contribution in [0.2, 0.25) is 5.02 Å². The number of nitrogens with one attached hydrogen (secondary N) is 2. The lowest BCUT2D eigenvalue weighted by atomic mass is 10.1. The summed E-state index contributed by atoms with van der Waals surface area (Å²) in [5.74, 6) is -0.473. The molecule has 0 spiro atoms. The van der Waals surface area contributed by atoms with Gasteiger partial charge in [-0.15, -0.1) is 0 Å². The maximum absolute atomic E-state index is 12.2. The maximum atomic E-state index is 12.2. The summed E-state index contributed by atoms with van der Waals surface area (Å²) in [6.07, 6.45) is 1.43. The van der Waals surface area contributed by atoms with Crippen molar-refractivity contribution in [2.45, 2.75) is 20.4 Å². The fourth-order valence-electron chi connectivity index (χ4n) is 2.17. The molecule has 0 aliphatic heterocycles. The van der Waals surface area contributed by atoms with Gasteiger partial charge in [0.25, 0.3) is 5.91 Å². The maximum Gasteiger partial charge on any atom is 0.267 e. The van der Waals surface area contributed by atoms with E-state index in [1.807, 2.05) is 44.2 Å². The van der Waals surface area contributed by atoms with E-state index in [-0.39, 0.29) is 5.57 Å². The molecule has 24 heavy (non-hydrogen) atoms. The van der Waals surface area contributed by atoms with E-state index < -0.39 is 5.91 Å². The van der Waals surface area contributed by atoms with E-state index in [4.69, 9.17) is 11.6 Å². The topological polar surface area (TPSA) is 64.9 Å². The van der Waals surface area contributed by atoms with Crippen molar-refractivity contribution in [2.75, 3.05) is 5.32 Å². The number of carbonyl (C=O) groups is 1. The minimum Gasteiger partial charge on any atom is -0.386 e. The van der Waals surface area contributed by atoms with Crippen LogP contribution in [-0.2, 0) is 11.3 Å². The number of carbonyl (C=O) groups excluding carboxylic acids is 1. The molecule has 0 saturated heterocycles. The van der Waals surface area contributed by atoms with E-state index in [0.29, 0.717) is 17.3 Å². The molecule has 0 unspecified atom stereocenters. The van der Waals surface area contributed by atoms with E-state index in [9.17, 15) is 10.1 Å². The van der Waals surface area contributed by atoms with Crippen LogP contribution in [0.25, 0.3) is 0 Å². The van der Waals surface area contributed by atoms with E-state index in [1.54, 1.807) is 18.2 Å². The van der Waals surface area contributed by atoms with E-state index in [0.717, 1.165) is 16.7 Å². The summed E-state index contributed by atoms with van der Waals surface area (Å²) in [7, 11) is 0. The predicted molar refractivity (Wildman–Crippen MR) is 96.5 cm³/mol. The first kappa shape index (κ1) is 17.6. The highest BCUT2D eigenvalue weighted by atomic mass is 35.5. The predicted octanol–water partition coefficient (Wildman–Crippen LogP) is 4.09. The lowest BCUT2D eigenvalue weighted by molar-refractivity contribution is -0.112. The molecule has 2 N–H and O–H groups in total. The van der Waals surface area contributed by atoms with Gasteiger partial charge in [0.05, 0.1) is 0 Å². The standard InChI is InChI=1S/C19H18ClN3O/c1-13-5-3-6-15(9-13)11-22-12-16(10-21)19(24)23-18-8-4-7-17(20)14(18)2/h3-9,12,22H,11H2,1-2H3,(H,23,24)/b16-12-. The lowest BCUT2D eigenvalue weighted by Gasteiger charge is -2.09. The third-order valence-corrected chi connectivity index (χ3v) is 3.93. The number of nitriles is 1. The zero-order valence-electron chi connectivity index (χ0n) is 13.6. The molecule has 0 aromatic heterocycles. The highest BCUT2D eigenvalue weighted by molar-refractivity contribution is 6.31. The molecule has 0 atom stereocenters. The summed E-state index contributed by atoms with van der Waals surface area (Å²) in [5.41, 5.74) is 3.59. The Bertz CT molecular complexity index is 822. The second-order valence-electron chi connectivity index (χ2n) is 5.41. The number of hydrogen-bond donors (Lipinski definition) is 2. The van der Waals surface area contributed by atoms with Gasteiger partial charge in [-0.1, -0.05) is 47.5 Å². The monoisotopic (exact) mass is 339 g/mol. The quantitative estimate of drug-likeness (QED) is 0.637. The average molecular weight is 340 g/mol. The SMILES string of the molecule is Cc1cccc(CN/C=C(/C#N)C(=O)Nc2cccc(Cl)c2C)c1. The molecule has 2 aromatic carbocycles. The number of amides is 1. The third-order valence-electron chi connectivity index (χ3n) is 3.52. The van der Waals surface area contributed by atoms with Gasteiger partial charge >= 0.3 is 0 Å². The molecule has 0 saturated carbocycles. The summed E-state index contributed by atoms with van der Waals surface area (Å²) in [6.45, 7) is 4.36. The Balaban J connectivity index is 2.03. The molecule has 0 aliphatic carbocycles. The van der Waals surface area contributed by atoms with Gasteiger partial charge in [0.1, 0.15) is 11.6 Å². The van der Waals surface area contributed by atoms with Gasteiger partial charge in [-0.3, -0.25) is 4.79 Å². The van der Waals surface area contributed by atoms with Gasteiger partial charge in [0.2, 0.25) is 0 Å². The largest absolute Gasteiger partial charge is 0.386 e. The van der Waals surface area contributed by atoms with Crippen molar-refractivity contribution in [3.63, 3.8) is 0 Å². The summed E-state index contributed by atoms with van der Waals surface area (Å²) in [6, 6.07) is 15.2. The van der Waals surface area contributed by atoms with Crippen molar-refractivity contribution < 1.29 is 4.79 Å². The Labute approximate surface area is 146 Å². The van der Waals surface area contributed by atoms with E-state index in [2.05, 4.69) is 10.6 Å². The molecule has 1 amide bonds. The Morgan fingerprint density at radius 1 is 1.25 bits per heavy atom. The van der Waals surface area contributed by atoms with Gasteiger partial charge in [0.15, 0.2) is 0 Å². The van der Waals surface area contributed by atoms with Crippen LogP contribution < -0.4 is 10.6 Å². The van der Waals surface area contributed by atoms with Crippen LogP contribution >= 0.6 is 11.6 Å². The Morgan fingerprint density at radius 3 is 2.71 bits per heavy atom. The van der Waals surface area contributed by atoms with Gasteiger partial charge in [-0.2, -0.15) is 5.26 Å². The first-order valence-corrected chi connectivity index (χ1v) is 7.84. The number of hydrogen-bond acceptors (Lipinski definition) is 3. The van der Waals surface area contributed by atoms with Crippen LogP contribution in [0.1, 0.15) is 16.7 Å². The molecule has 0 aliphatic rings. The van der Waals surface area contributed by atoms with Crippen LogP contribution in [0.3, 0.4) is 0 Å². The molecule has 5 heteroatoms. The van der Waals surface area contributed by atoms with Gasteiger partial charge < -0.3 is 10.6 Å². The zero-order valence-corrected chi connectivity index (χ0v) is 14.3. The molecule has 0 bridgehead atoms. The number of benzene rings is 2. The molecule has 122 valence electrons. The molecule has 2 rings (SSSR count). The normalized spacial score (nSPS) is 10.8. The van der Waals surface area contributed by atoms with Gasteiger partial charge in [-0.25, -0.2) is 0 Å². The first-order chi connectivity index (χ1) is 11.5. The fourth-order valence-corrected chi connectivity index (χ4v) is 2.35. The molecular weight excluding hydrogens is 322 g/mol. The molecule has 0 fully saturated rings. The van der Waals surface area contributed by atoms with Crippen molar-refractivity contribution in [3.8, 4) is 6.07 Å². The lowest BCUT2D eigenvalue weighted by Crippen LogP contribution is -2.17. The van der Waals surface area contributed by atoms with Crippen LogP contribution in [0.5, 0.6) is 0 Å². The van der Waals surface area contributed by atoms with Crippen molar-refractivity contribution in [1.82, 2.24) is 5.32 Å². The number of anilines is 1. The van der Waals surface area contributed by atoms with Gasteiger partial charge in [-0.05, 0) is 37.1 Å². The molecule has 0 heterocycles. The van der Waals surface area contributed by atoms with Crippen molar-refractivity contribution in [3.05, 3.63) is 76.0 Å². The molecule has 2 aromatic rings. The summed E-state index contributed by atoms with van der Waals surface area (Å²) in [5, 5.41) is 15.5. The fraction of sp³-hybridized carbons (Fsp3) is 0.158. The van der Waals surface area contributed by atoms with Crippen LogP contribution in [-0.4, -0.2) is 5.91 Å². The Hall–Kier alpha value is -2.77. The molecular formula is C19H18ClN3O. The smallest absolute Gasteiger partial charge is 0.267 e. The summed E-state index contributed by atoms with van der Waals surface area (Å²) in [4.78, 5) is 12.2. The first-order valence-electron chi connectivity index (χ1n) is 7.47. The average Bonchev–Trinajstić information content (AvgIpc) is 2.56. The number of aryl methyl sites for hydroxylation is 1. The van der Waals surface area contributed by atoms with Gasteiger partial charge in [0, 0.05) is 23.5 Å². The second-order valence-corrected chi connectivity index (χ2v) is 5.81. The number of halogens is 1. The summed E-state index contributed by atoms with van der Waals surface area (Å²) < 4.78 is 0. The Kier molecular flexibility index (Phi) is 6.00. The number of rotatable bonds is 5. The van der Waals surface area contributed by atoms with Crippen LogP contribution in [0.4, 0.5) is 5.69 Å². The highest BCUT2D eigenvalue weighted by Crippen LogP contribution is 2.23. The minimum atomic E-state index is -0.473. The zero-order chi connectivity index (χ0) is 17.5. The van der Waals surface area contributed by atoms with Crippen molar-refractivity contribution in [1.29, 1.82) is 5.26 Å². The summed E-state index contributed by atoms with van der Waals surface area (Å²) >= 11 is 6.03. The number of nitrogens with zero attached hydrogens (tertiary/aromatic N) is 1. The third kappa shape index (κ3) is 4.61. The van der Waals surface area contributed by atoms with Crippen molar-refractivity contribution >= 4 is 23.2 Å². The Morgan fingerprint density at radius 2 is 2.00 bits per heavy atom. The minimum absolute atomic E-state index is 0.00188. The van der Waals surface area contributed by atoms with Crippen LogP contribution in [0, 0.1) is 25.2 Å². The van der Waals surface area contributed by atoms with Crippen LogP contribution in [0.15, 0.2) is 54.2 Å².